The van der Waals surface area contributed by atoms with E-state index in [9.17, 15) is 29.1 Å². The number of thiol groups is 2. The van der Waals surface area contributed by atoms with Crippen molar-refractivity contribution < 1.29 is 34.2 Å². The van der Waals surface area contributed by atoms with Crippen molar-refractivity contribution in [3.05, 3.63) is 0 Å². The molecule has 0 fully saturated rings. The van der Waals surface area contributed by atoms with Gasteiger partial charge in [0.2, 0.25) is 17.7 Å². The molecule has 0 rings (SSSR count). The Hall–Kier alpha value is -1.99. The normalized spacial score (nSPS) is 14.7. The molecule has 32 heavy (non-hydrogen) atoms. The van der Waals surface area contributed by atoms with Gasteiger partial charge in [0.25, 0.3) is 0 Å². The first-order chi connectivity index (χ1) is 14.9. The molecular weight excluding hydrogens is 460 g/mol. The number of carboxylic acid groups (broad SMARTS) is 2. The minimum atomic E-state index is -1.24. The molecule has 0 unspecified atom stereocenters. The van der Waals surface area contributed by atoms with Gasteiger partial charge in [-0.25, -0.2) is 4.79 Å². The fraction of sp³-hybridized carbons (Fsp3) is 0.737. The molecule has 0 aliphatic carbocycles. The lowest BCUT2D eigenvalue weighted by molar-refractivity contribution is -0.142. The van der Waals surface area contributed by atoms with Crippen molar-refractivity contribution in [1.82, 2.24) is 16.0 Å². The molecule has 3 amide bonds. The molecule has 0 aromatic rings. The number of amides is 3. The maximum absolute atomic E-state index is 12.8. The third-order valence-corrected chi connectivity index (χ3v) is 4.95. The van der Waals surface area contributed by atoms with Crippen molar-refractivity contribution in [2.75, 3.05) is 11.5 Å². The van der Waals surface area contributed by atoms with Crippen LogP contribution in [0, 0.1) is 5.92 Å². The van der Waals surface area contributed by atoms with E-state index in [2.05, 4.69) is 41.2 Å². The van der Waals surface area contributed by atoms with Crippen molar-refractivity contribution in [1.29, 1.82) is 0 Å². The molecule has 0 aliphatic rings. The van der Waals surface area contributed by atoms with Crippen LogP contribution in [0.15, 0.2) is 0 Å². The second-order valence-electron chi connectivity index (χ2n) is 7.71. The zero-order valence-corrected chi connectivity index (χ0v) is 20.0. The van der Waals surface area contributed by atoms with Crippen LogP contribution in [0.5, 0.6) is 0 Å². The molecule has 13 heteroatoms. The Labute approximate surface area is 198 Å². The van der Waals surface area contributed by atoms with Crippen molar-refractivity contribution >= 4 is 54.9 Å². The van der Waals surface area contributed by atoms with Crippen LogP contribution in [-0.4, -0.2) is 75.5 Å². The fourth-order valence-electron chi connectivity index (χ4n) is 2.72. The summed E-state index contributed by atoms with van der Waals surface area (Å²) in [4.78, 5) is 60.0. The molecule has 0 aliphatic heterocycles. The number of hydrogen-bond acceptors (Lipinski definition) is 8. The molecule has 0 aromatic carbocycles. The summed E-state index contributed by atoms with van der Waals surface area (Å²) >= 11 is 7.98. The maximum Gasteiger partial charge on any atom is 0.326 e. The summed E-state index contributed by atoms with van der Waals surface area (Å²) in [5.41, 5.74) is 5.72. The highest BCUT2D eigenvalue weighted by atomic mass is 32.1. The van der Waals surface area contributed by atoms with Gasteiger partial charge in [0.1, 0.15) is 18.1 Å². The predicted octanol–water partition coefficient (Wildman–Crippen LogP) is -0.597. The molecule has 4 atom stereocenters. The summed E-state index contributed by atoms with van der Waals surface area (Å²) < 4.78 is 0. The number of carboxylic acids is 2. The quantitative estimate of drug-likeness (QED) is 0.131. The molecule has 0 spiro atoms. The average molecular weight is 495 g/mol. The standard InChI is InChI=1S/C19H34N4O7S2/c1-10(2)9-14(18(28)22-13(6-8-32)19(29)30)23-17(27)12(3-4-15(24)25)21-16(26)11(20)5-7-31/h10-14,31-32H,3-9,20H2,1-2H3,(H,21,26)(H,22,28)(H,23,27)(H,24,25)(H,29,30)/t11-,12+,13-,14+/m1/s1. The van der Waals surface area contributed by atoms with E-state index < -0.39 is 60.2 Å². The number of nitrogens with one attached hydrogen (secondary N) is 3. The van der Waals surface area contributed by atoms with E-state index in [1.54, 1.807) is 0 Å². The van der Waals surface area contributed by atoms with Crippen LogP contribution in [0.25, 0.3) is 0 Å². The Morgan fingerprint density at radius 3 is 1.75 bits per heavy atom. The van der Waals surface area contributed by atoms with Crippen LogP contribution >= 0.6 is 25.3 Å². The molecule has 7 N–H and O–H groups in total. The number of nitrogens with two attached hydrogens (primary N) is 1. The number of aliphatic carboxylic acids is 2. The van der Waals surface area contributed by atoms with Gasteiger partial charge in [-0.15, -0.1) is 0 Å². The lowest BCUT2D eigenvalue weighted by Gasteiger charge is -2.26. The Bertz CT molecular complexity index is 664. The highest BCUT2D eigenvalue weighted by Gasteiger charge is 2.30. The van der Waals surface area contributed by atoms with Crippen LogP contribution in [0.2, 0.25) is 0 Å². The smallest absolute Gasteiger partial charge is 0.326 e. The molecule has 0 heterocycles. The van der Waals surface area contributed by atoms with Gasteiger partial charge in [-0.1, -0.05) is 13.8 Å². The van der Waals surface area contributed by atoms with E-state index in [1.165, 1.54) is 0 Å². The zero-order valence-electron chi connectivity index (χ0n) is 18.2. The predicted molar refractivity (Wildman–Crippen MR) is 125 cm³/mol. The molecule has 0 radical (unpaired) electrons. The molecule has 184 valence electrons. The van der Waals surface area contributed by atoms with Gasteiger partial charge in [-0.2, -0.15) is 25.3 Å². The van der Waals surface area contributed by atoms with E-state index in [1.807, 2.05) is 13.8 Å². The Kier molecular flexibility index (Phi) is 14.8. The summed E-state index contributed by atoms with van der Waals surface area (Å²) in [7, 11) is 0. The monoisotopic (exact) mass is 494 g/mol. The first kappa shape index (κ1) is 30.0. The average Bonchev–Trinajstić information content (AvgIpc) is 2.69. The summed E-state index contributed by atoms with van der Waals surface area (Å²) in [6.07, 6.45) is -0.0725. The number of carbonyl (C=O) groups excluding carboxylic acids is 3. The second kappa shape index (κ2) is 15.8. The molecule has 11 nitrogen and oxygen atoms in total. The van der Waals surface area contributed by atoms with Gasteiger partial charge in [-0.05, 0) is 43.1 Å². The number of hydrogen-bond donors (Lipinski definition) is 8. The van der Waals surface area contributed by atoms with Gasteiger partial charge in [0.15, 0.2) is 0 Å². The van der Waals surface area contributed by atoms with Crippen LogP contribution < -0.4 is 21.7 Å². The van der Waals surface area contributed by atoms with E-state index in [-0.39, 0.29) is 37.4 Å². The first-order valence-electron chi connectivity index (χ1n) is 10.3. The fourth-order valence-corrected chi connectivity index (χ4v) is 3.26. The Morgan fingerprint density at radius 1 is 0.781 bits per heavy atom. The molecular formula is C19H34N4O7S2. The summed E-state index contributed by atoms with van der Waals surface area (Å²) in [5, 5.41) is 25.5. The number of carbonyl (C=O) groups is 5. The molecule has 0 bridgehead atoms. The first-order valence-corrected chi connectivity index (χ1v) is 11.5. The second-order valence-corrected chi connectivity index (χ2v) is 8.61. The van der Waals surface area contributed by atoms with Crippen LogP contribution in [-0.2, 0) is 24.0 Å². The summed E-state index contributed by atoms with van der Waals surface area (Å²) in [6.45, 7) is 3.63. The van der Waals surface area contributed by atoms with Crippen molar-refractivity contribution in [2.24, 2.45) is 11.7 Å². The van der Waals surface area contributed by atoms with E-state index in [0.29, 0.717) is 5.75 Å². The lowest BCUT2D eigenvalue weighted by atomic mass is 10.0. The highest BCUT2D eigenvalue weighted by Crippen LogP contribution is 2.08. The minimum absolute atomic E-state index is 0.0323. The Morgan fingerprint density at radius 2 is 1.28 bits per heavy atom. The van der Waals surface area contributed by atoms with Gasteiger partial charge in [-0.3, -0.25) is 19.2 Å². The van der Waals surface area contributed by atoms with E-state index in [4.69, 9.17) is 10.8 Å². The van der Waals surface area contributed by atoms with E-state index >= 15 is 0 Å². The summed E-state index contributed by atoms with van der Waals surface area (Å²) in [5.74, 6) is -3.96. The summed E-state index contributed by atoms with van der Waals surface area (Å²) in [6, 6.07) is -4.42. The largest absolute Gasteiger partial charge is 0.481 e. The molecule has 0 aromatic heterocycles. The lowest BCUT2D eigenvalue weighted by Crippen LogP contribution is -2.57. The van der Waals surface area contributed by atoms with Crippen LogP contribution in [0.1, 0.15) is 46.0 Å². The number of rotatable bonds is 16. The van der Waals surface area contributed by atoms with Gasteiger partial charge >= 0.3 is 11.9 Å². The maximum atomic E-state index is 12.8. The zero-order chi connectivity index (χ0) is 24.8. The van der Waals surface area contributed by atoms with Gasteiger partial charge in [0, 0.05) is 6.42 Å². The SMILES string of the molecule is CC(C)C[C@H](NC(=O)[C@H](CCC(=O)O)NC(=O)[C@H](N)CCS)C(=O)N[C@H](CCS)C(=O)O. The van der Waals surface area contributed by atoms with Gasteiger partial charge in [0.05, 0.1) is 6.04 Å². The van der Waals surface area contributed by atoms with Crippen molar-refractivity contribution in [3.63, 3.8) is 0 Å². The highest BCUT2D eigenvalue weighted by molar-refractivity contribution is 7.80. The van der Waals surface area contributed by atoms with Crippen molar-refractivity contribution in [3.8, 4) is 0 Å². The van der Waals surface area contributed by atoms with Crippen molar-refractivity contribution in [2.45, 2.75) is 70.1 Å². The third kappa shape index (κ3) is 12.2. The van der Waals surface area contributed by atoms with E-state index in [0.717, 1.165) is 0 Å². The van der Waals surface area contributed by atoms with Crippen LogP contribution in [0.4, 0.5) is 0 Å². The van der Waals surface area contributed by atoms with Crippen LogP contribution in [0.3, 0.4) is 0 Å². The Balaban J connectivity index is 5.47. The minimum Gasteiger partial charge on any atom is -0.481 e. The topological polar surface area (TPSA) is 188 Å². The molecule has 0 saturated carbocycles. The third-order valence-electron chi connectivity index (χ3n) is 4.43. The van der Waals surface area contributed by atoms with Gasteiger partial charge < -0.3 is 31.9 Å². The molecule has 0 saturated heterocycles.